The maximum absolute atomic E-state index is 12.3. The van der Waals surface area contributed by atoms with Crippen molar-refractivity contribution in [2.45, 2.75) is 26.8 Å². The van der Waals surface area contributed by atoms with Crippen molar-refractivity contribution in [3.8, 4) is 0 Å². The van der Waals surface area contributed by atoms with Crippen molar-refractivity contribution >= 4 is 11.6 Å². The average molecular weight is 301 g/mol. The molecular formula is C17H23N3O2. The third-order valence-corrected chi connectivity index (χ3v) is 3.81. The van der Waals surface area contributed by atoms with Gasteiger partial charge in [0.1, 0.15) is 5.76 Å². The minimum atomic E-state index is 0.0612. The third kappa shape index (κ3) is 3.67. The van der Waals surface area contributed by atoms with Gasteiger partial charge < -0.3 is 14.3 Å². The highest BCUT2D eigenvalue weighted by atomic mass is 16.5. The first-order valence-corrected chi connectivity index (χ1v) is 7.30. The van der Waals surface area contributed by atoms with Crippen LogP contribution in [-0.2, 0) is 17.8 Å². The van der Waals surface area contributed by atoms with E-state index in [-0.39, 0.29) is 5.91 Å². The van der Waals surface area contributed by atoms with Gasteiger partial charge in [-0.3, -0.25) is 4.79 Å². The molecule has 22 heavy (non-hydrogen) atoms. The molecule has 0 saturated heterocycles. The summed E-state index contributed by atoms with van der Waals surface area (Å²) in [4.78, 5) is 16.1. The summed E-state index contributed by atoms with van der Waals surface area (Å²) in [6.45, 7) is 4.29. The Morgan fingerprint density at radius 1 is 1.14 bits per heavy atom. The van der Waals surface area contributed by atoms with Crippen LogP contribution in [0.5, 0.6) is 0 Å². The number of rotatable bonds is 5. The van der Waals surface area contributed by atoms with Crippen LogP contribution in [0.15, 0.2) is 28.8 Å². The summed E-state index contributed by atoms with van der Waals surface area (Å²) in [5.41, 5.74) is 3.93. The van der Waals surface area contributed by atoms with E-state index in [0.29, 0.717) is 13.0 Å². The Bertz CT molecular complexity index is 625. The molecule has 0 N–H and O–H groups in total. The van der Waals surface area contributed by atoms with Crippen LogP contribution in [0.25, 0.3) is 0 Å². The lowest BCUT2D eigenvalue weighted by Crippen LogP contribution is -2.28. The minimum absolute atomic E-state index is 0.0612. The zero-order valence-electron chi connectivity index (χ0n) is 13.9. The number of aryl methyl sites for hydroxylation is 2. The van der Waals surface area contributed by atoms with Gasteiger partial charge in [-0.15, -0.1) is 0 Å². The van der Waals surface area contributed by atoms with E-state index in [4.69, 9.17) is 4.52 Å². The molecule has 0 aliphatic rings. The molecule has 0 spiro atoms. The fraction of sp³-hybridized carbons (Fsp3) is 0.412. The predicted molar refractivity (Wildman–Crippen MR) is 86.9 cm³/mol. The normalized spacial score (nSPS) is 10.6. The molecule has 118 valence electrons. The summed E-state index contributed by atoms with van der Waals surface area (Å²) in [5, 5.41) is 3.89. The molecule has 0 unspecified atom stereocenters. The lowest BCUT2D eigenvalue weighted by molar-refractivity contribution is -0.129. The van der Waals surface area contributed by atoms with Crippen molar-refractivity contribution in [3.05, 3.63) is 46.8 Å². The maximum Gasteiger partial charge on any atom is 0.227 e. The molecule has 1 amide bonds. The highest BCUT2D eigenvalue weighted by molar-refractivity contribution is 5.79. The Kier molecular flexibility index (Phi) is 4.85. The smallest absolute Gasteiger partial charge is 0.227 e. The molecule has 1 aromatic carbocycles. The predicted octanol–water partition coefficient (Wildman–Crippen LogP) is 2.56. The van der Waals surface area contributed by atoms with Crippen LogP contribution in [0.4, 0.5) is 5.69 Å². The van der Waals surface area contributed by atoms with Gasteiger partial charge in [0, 0.05) is 38.9 Å². The zero-order valence-corrected chi connectivity index (χ0v) is 13.9. The van der Waals surface area contributed by atoms with E-state index in [1.165, 1.54) is 0 Å². The van der Waals surface area contributed by atoms with E-state index in [9.17, 15) is 4.79 Å². The van der Waals surface area contributed by atoms with Crippen LogP contribution in [0.3, 0.4) is 0 Å². The average Bonchev–Trinajstić information content (AvgIpc) is 2.79. The first kappa shape index (κ1) is 16.1. The van der Waals surface area contributed by atoms with Crippen molar-refractivity contribution in [2.75, 3.05) is 26.0 Å². The number of aromatic nitrogens is 1. The third-order valence-electron chi connectivity index (χ3n) is 3.81. The topological polar surface area (TPSA) is 49.6 Å². The Morgan fingerprint density at radius 3 is 2.27 bits per heavy atom. The van der Waals surface area contributed by atoms with E-state index < -0.39 is 0 Å². The van der Waals surface area contributed by atoms with Gasteiger partial charge in [-0.25, -0.2) is 0 Å². The summed E-state index contributed by atoms with van der Waals surface area (Å²) in [5.74, 6) is 0.778. The minimum Gasteiger partial charge on any atom is -0.378 e. The number of hydrogen-bond donors (Lipinski definition) is 0. The van der Waals surface area contributed by atoms with Crippen molar-refractivity contribution in [3.63, 3.8) is 0 Å². The van der Waals surface area contributed by atoms with E-state index in [2.05, 4.69) is 34.3 Å². The number of carbonyl (C=O) groups is 1. The fourth-order valence-electron chi connectivity index (χ4n) is 2.30. The van der Waals surface area contributed by atoms with Gasteiger partial charge in [-0.2, -0.15) is 0 Å². The van der Waals surface area contributed by atoms with Gasteiger partial charge in [0.15, 0.2) is 0 Å². The van der Waals surface area contributed by atoms with Crippen LogP contribution in [0.1, 0.15) is 22.6 Å². The van der Waals surface area contributed by atoms with Crippen LogP contribution < -0.4 is 4.90 Å². The van der Waals surface area contributed by atoms with Gasteiger partial charge in [0.25, 0.3) is 0 Å². The summed E-state index contributed by atoms with van der Waals surface area (Å²) >= 11 is 0. The van der Waals surface area contributed by atoms with Crippen LogP contribution in [0, 0.1) is 13.8 Å². The van der Waals surface area contributed by atoms with E-state index in [1.54, 1.807) is 4.90 Å². The number of amides is 1. The van der Waals surface area contributed by atoms with Gasteiger partial charge in [-0.05, 0) is 31.5 Å². The first-order chi connectivity index (χ1) is 10.4. The molecule has 0 radical (unpaired) electrons. The van der Waals surface area contributed by atoms with E-state index in [0.717, 1.165) is 28.3 Å². The Labute approximate surface area is 131 Å². The number of likely N-dealkylation sites (N-methyl/N-ethyl adjacent to an activating group) is 1. The lowest BCUT2D eigenvalue weighted by atomic mass is 10.1. The second-order valence-corrected chi connectivity index (χ2v) is 5.79. The van der Waals surface area contributed by atoms with Gasteiger partial charge >= 0.3 is 0 Å². The molecule has 0 aliphatic heterocycles. The molecule has 1 aromatic heterocycles. The van der Waals surface area contributed by atoms with Crippen molar-refractivity contribution in [1.29, 1.82) is 0 Å². The molecule has 5 heteroatoms. The fourth-order valence-corrected chi connectivity index (χ4v) is 2.30. The molecule has 2 rings (SSSR count). The van der Waals surface area contributed by atoms with Crippen molar-refractivity contribution in [2.24, 2.45) is 0 Å². The molecule has 5 nitrogen and oxygen atoms in total. The van der Waals surface area contributed by atoms with E-state index in [1.807, 2.05) is 35.0 Å². The van der Waals surface area contributed by atoms with Crippen LogP contribution >= 0.6 is 0 Å². The number of hydrogen-bond acceptors (Lipinski definition) is 4. The molecular weight excluding hydrogens is 278 g/mol. The largest absolute Gasteiger partial charge is 0.378 e. The second-order valence-electron chi connectivity index (χ2n) is 5.79. The van der Waals surface area contributed by atoms with Crippen molar-refractivity contribution in [1.82, 2.24) is 10.1 Å². The second kappa shape index (κ2) is 6.64. The summed E-state index contributed by atoms with van der Waals surface area (Å²) in [6.07, 6.45) is 0.327. The molecule has 0 saturated carbocycles. The summed E-state index contributed by atoms with van der Waals surface area (Å²) in [6, 6.07) is 8.22. The molecule has 0 fully saturated rings. The number of carbonyl (C=O) groups excluding carboxylic acids is 1. The molecule has 1 heterocycles. The zero-order chi connectivity index (χ0) is 16.3. The maximum atomic E-state index is 12.3. The van der Waals surface area contributed by atoms with E-state index >= 15 is 0 Å². The SMILES string of the molecule is Cc1noc(C)c1CC(=O)N(C)Cc1ccc(N(C)C)cc1. The Hall–Kier alpha value is -2.30. The van der Waals surface area contributed by atoms with Gasteiger partial charge in [0.2, 0.25) is 5.91 Å². The van der Waals surface area contributed by atoms with Gasteiger partial charge in [-0.1, -0.05) is 17.3 Å². The Balaban J connectivity index is 1.99. The quantitative estimate of drug-likeness (QED) is 0.851. The number of benzene rings is 1. The molecule has 0 aliphatic carbocycles. The first-order valence-electron chi connectivity index (χ1n) is 7.30. The number of anilines is 1. The highest BCUT2D eigenvalue weighted by Gasteiger charge is 2.16. The monoisotopic (exact) mass is 301 g/mol. The standard InChI is InChI=1S/C17H23N3O2/c1-12-16(13(2)22-18-12)10-17(21)20(5)11-14-6-8-15(9-7-14)19(3)4/h6-9H,10-11H2,1-5H3. The van der Waals surface area contributed by atoms with Gasteiger partial charge in [0.05, 0.1) is 12.1 Å². The molecule has 0 bridgehead atoms. The number of nitrogens with zero attached hydrogens (tertiary/aromatic N) is 3. The highest BCUT2D eigenvalue weighted by Crippen LogP contribution is 2.16. The molecule has 0 atom stereocenters. The summed E-state index contributed by atoms with van der Waals surface area (Å²) < 4.78 is 5.10. The van der Waals surface area contributed by atoms with Crippen LogP contribution in [-0.4, -0.2) is 37.1 Å². The van der Waals surface area contributed by atoms with Crippen LogP contribution in [0.2, 0.25) is 0 Å². The lowest BCUT2D eigenvalue weighted by Gasteiger charge is -2.18. The summed E-state index contributed by atoms with van der Waals surface area (Å²) in [7, 11) is 5.84. The Morgan fingerprint density at radius 2 is 1.77 bits per heavy atom. The van der Waals surface area contributed by atoms with Crippen molar-refractivity contribution < 1.29 is 9.32 Å². The molecule has 2 aromatic rings.